The van der Waals surface area contributed by atoms with Gasteiger partial charge in [-0.15, -0.1) is 0 Å². The molecule has 114 valence electrons. The molecule has 1 aromatic rings. The van der Waals surface area contributed by atoms with Gasteiger partial charge in [-0.3, -0.25) is 9.78 Å². The Kier molecular flexibility index (Phi) is 5.22. The van der Waals surface area contributed by atoms with Crippen LogP contribution in [0.5, 0.6) is 0 Å². The molecule has 5 nitrogen and oxygen atoms in total. The molecule has 3 atom stereocenters. The Morgan fingerprint density at radius 2 is 2.14 bits per heavy atom. The van der Waals surface area contributed by atoms with Crippen molar-refractivity contribution in [2.75, 3.05) is 12.3 Å². The van der Waals surface area contributed by atoms with Crippen LogP contribution in [0, 0.1) is 11.8 Å². The summed E-state index contributed by atoms with van der Waals surface area (Å²) in [7, 11) is 0. The number of carbonyl (C=O) groups excluding carboxylic acids is 1. The predicted octanol–water partition coefficient (Wildman–Crippen LogP) is 1.49. The standard InChI is InChI=1S/C15H20N2O3S/c1-10(9-21)14(18)17-8-12(7-13(17)15(19)20)6-11-2-4-16-5-3-11/h2-5,10,12-13,21H,6-9H2,1H3,(H,19,20)/t10?,12?,13-/m0/s1. The molecule has 1 saturated heterocycles. The minimum absolute atomic E-state index is 0.116. The normalized spacial score (nSPS) is 23.0. The molecule has 0 aliphatic carbocycles. The van der Waals surface area contributed by atoms with E-state index in [1.54, 1.807) is 19.3 Å². The van der Waals surface area contributed by atoms with E-state index >= 15 is 0 Å². The average molecular weight is 308 g/mol. The van der Waals surface area contributed by atoms with Crippen molar-refractivity contribution in [3.05, 3.63) is 30.1 Å². The largest absolute Gasteiger partial charge is 0.480 e. The summed E-state index contributed by atoms with van der Waals surface area (Å²) in [6.45, 7) is 2.28. The maximum Gasteiger partial charge on any atom is 0.326 e. The molecule has 0 saturated carbocycles. The lowest BCUT2D eigenvalue weighted by molar-refractivity contribution is -0.149. The minimum atomic E-state index is -0.924. The lowest BCUT2D eigenvalue weighted by atomic mass is 9.97. The summed E-state index contributed by atoms with van der Waals surface area (Å²) in [5.41, 5.74) is 1.12. The van der Waals surface area contributed by atoms with Gasteiger partial charge in [-0.25, -0.2) is 4.79 Å². The first kappa shape index (κ1) is 15.8. The summed E-state index contributed by atoms with van der Waals surface area (Å²) in [5, 5.41) is 9.35. The van der Waals surface area contributed by atoms with E-state index in [0.29, 0.717) is 18.7 Å². The number of rotatable bonds is 5. The fourth-order valence-electron chi connectivity index (χ4n) is 2.76. The van der Waals surface area contributed by atoms with Crippen molar-refractivity contribution in [3.8, 4) is 0 Å². The number of carboxylic acid groups (broad SMARTS) is 1. The zero-order valence-corrected chi connectivity index (χ0v) is 12.9. The van der Waals surface area contributed by atoms with Gasteiger partial charge in [0.15, 0.2) is 0 Å². The number of aliphatic carboxylic acids is 1. The van der Waals surface area contributed by atoms with Crippen molar-refractivity contribution >= 4 is 24.5 Å². The zero-order valence-electron chi connectivity index (χ0n) is 12.0. The second kappa shape index (κ2) is 6.93. The Morgan fingerprint density at radius 1 is 1.48 bits per heavy atom. The van der Waals surface area contributed by atoms with Crippen molar-refractivity contribution in [2.24, 2.45) is 11.8 Å². The molecular weight excluding hydrogens is 288 g/mol. The number of carboxylic acids is 1. The third-order valence-electron chi connectivity index (χ3n) is 3.93. The molecule has 0 aromatic carbocycles. The third kappa shape index (κ3) is 3.75. The van der Waals surface area contributed by atoms with Crippen LogP contribution in [0.2, 0.25) is 0 Å². The van der Waals surface area contributed by atoms with Crippen molar-refractivity contribution < 1.29 is 14.7 Å². The first-order valence-corrected chi connectivity index (χ1v) is 7.69. The Morgan fingerprint density at radius 3 is 2.71 bits per heavy atom. The van der Waals surface area contributed by atoms with Crippen molar-refractivity contribution in [2.45, 2.75) is 25.8 Å². The fourth-order valence-corrected chi connectivity index (χ4v) is 2.92. The fraction of sp³-hybridized carbons (Fsp3) is 0.533. The minimum Gasteiger partial charge on any atom is -0.480 e. The summed E-state index contributed by atoms with van der Waals surface area (Å²) >= 11 is 4.13. The summed E-state index contributed by atoms with van der Waals surface area (Å²) in [4.78, 5) is 29.2. The van der Waals surface area contributed by atoms with Gasteiger partial charge in [0, 0.05) is 30.6 Å². The molecule has 1 aliphatic heterocycles. The van der Waals surface area contributed by atoms with Gasteiger partial charge in [-0.2, -0.15) is 12.6 Å². The monoisotopic (exact) mass is 308 g/mol. The first-order chi connectivity index (χ1) is 10.0. The number of likely N-dealkylation sites (tertiary alicyclic amines) is 1. The number of aromatic nitrogens is 1. The number of hydrogen-bond donors (Lipinski definition) is 2. The molecule has 1 fully saturated rings. The van der Waals surface area contributed by atoms with Crippen LogP contribution < -0.4 is 0 Å². The summed E-state index contributed by atoms with van der Waals surface area (Å²) in [6.07, 6.45) is 4.73. The first-order valence-electron chi connectivity index (χ1n) is 7.06. The number of hydrogen-bond acceptors (Lipinski definition) is 4. The number of pyridine rings is 1. The van der Waals surface area contributed by atoms with Crippen LogP contribution >= 0.6 is 12.6 Å². The number of amides is 1. The van der Waals surface area contributed by atoms with Gasteiger partial charge in [-0.05, 0) is 36.5 Å². The predicted molar refractivity (Wildman–Crippen MR) is 82.2 cm³/mol. The maximum atomic E-state index is 12.3. The molecule has 21 heavy (non-hydrogen) atoms. The van der Waals surface area contributed by atoms with E-state index in [2.05, 4.69) is 17.6 Å². The van der Waals surface area contributed by atoms with Crippen molar-refractivity contribution in [3.63, 3.8) is 0 Å². The van der Waals surface area contributed by atoms with E-state index in [1.807, 2.05) is 12.1 Å². The van der Waals surface area contributed by atoms with Crippen LogP contribution in [0.4, 0.5) is 0 Å². The summed E-state index contributed by atoms with van der Waals surface area (Å²) < 4.78 is 0. The van der Waals surface area contributed by atoms with Crippen LogP contribution in [0.25, 0.3) is 0 Å². The lowest BCUT2D eigenvalue weighted by Crippen LogP contribution is -2.43. The SMILES string of the molecule is CC(CS)C(=O)N1CC(Cc2ccncc2)C[C@H]1C(=O)O. The van der Waals surface area contributed by atoms with Gasteiger partial charge in [0.1, 0.15) is 6.04 Å². The second-order valence-electron chi connectivity index (χ2n) is 5.59. The molecule has 1 N–H and O–H groups in total. The highest BCUT2D eigenvalue weighted by molar-refractivity contribution is 7.80. The van der Waals surface area contributed by atoms with Gasteiger partial charge in [0.05, 0.1) is 0 Å². The molecule has 2 heterocycles. The molecule has 1 amide bonds. The molecule has 0 bridgehead atoms. The van der Waals surface area contributed by atoms with E-state index in [9.17, 15) is 14.7 Å². The van der Waals surface area contributed by atoms with E-state index < -0.39 is 12.0 Å². The Bertz CT molecular complexity index is 509. The molecule has 6 heteroatoms. The Balaban J connectivity index is 2.08. The highest BCUT2D eigenvalue weighted by atomic mass is 32.1. The van der Waals surface area contributed by atoms with Crippen LogP contribution in [-0.4, -0.2) is 45.2 Å². The van der Waals surface area contributed by atoms with Crippen LogP contribution in [0.3, 0.4) is 0 Å². The second-order valence-corrected chi connectivity index (χ2v) is 5.95. The molecule has 0 radical (unpaired) electrons. The highest BCUT2D eigenvalue weighted by Gasteiger charge is 2.40. The van der Waals surface area contributed by atoms with E-state index in [4.69, 9.17) is 0 Å². The molecule has 2 rings (SSSR count). The van der Waals surface area contributed by atoms with E-state index in [1.165, 1.54) is 4.90 Å². The number of thiol groups is 1. The summed E-state index contributed by atoms with van der Waals surface area (Å²) in [5.74, 6) is -0.697. The topological polar surface area (TPSA) is 70.5 Å². The van der Waals surface area contributed by atoms with E-state index in [0.717, 1.165) is 12.0 Å². The highest BCUT2D eigenvalue weighted by Crippen LogP contribution is 2.28. The maximum absolute atomic E-state index is 12.3. The van der Waals surface area contributed by atoms with Gasteiger partial charge in [0.25, 0.3) is 0 Å². The molecule has 0 spiro atoms. The Hall–Kier alpha value is -1.56. The van der Waals surface area contributed by atoms with Crippen LogP contribution in [0.1, 0.15) is 18.9 Å². The smallest absolute Gasteiger partial charge is 0.326 e. The van der Waals surface area contributed by atoms with Gasteiger partial charge in [0.2, 0.25) is 5.91 Å². The van der Waals surface area contributed by atoms with Crippen molar-refractivity contribution in [1.29, 1.82) is 0 Å². The number of carbonyl (C=O) groups is 2. The van der Waals surface area contributed by atoms with Gasteiger partial charge >= 0.3 is 5.97 Å². The lowest BCUT2D eigenvalue weighted by Gasteiger charge is -2.24. The van der Waals surface area contributed by atoms with Crippen LogP contribution in [-0.2, 0) is 16.0 Å². The van der Waals surface area contributed by atoms with Gasteiger partial charge < -0.3 is 10.0 Å². The van der Waals surface area contributed by atoms with E-state index in [-0.39, 0.29) is 17.7 Å². The Labute approximate surface area is 129 Å². The average Bonchev–Trinajstić information content (AvgIpc) is 2.90. The molecular formula is C15H20N2O3S. The van der Waals surface area contributed by atoms with Crippen LogP contribution in [0.15, 0.2) is 24.5 Å². The molecule has 1 aliphatic rings. The summed E-state index contributed by atoms with van der Waals surface area (Å²) in [6, 6.07) is 3.14. The third-order valence-corrected chi connectivity index (χ3v) is 4.47. The van der Waals surface area contributed by atoms with Gasteiger partial charge in [-0.1, -0.05) is 6.92 Å². The molecule has 2 unspecified atom stereocenters. The number of nitrogens with zero attached hydrogens (tertiary/aromatic N) is 2. The zero-order chi connectivity index (χ0) is 15.4. The molecule has 1 aromatic heterocycles. The van der Waals surface area contributed by atoms with Crippen molar-refractivity contribution in [1.82, 2.24) is 9.88 Å². The quantitative estimate of drug-likeness (QED) is 0.809.